The molecule has 3 heteroatoms. The van der Waals surface area contributed by atoms with Gasteiger partial charge in [-0.05, 0) is 25.5 Å². The Hall–Kier alpha value is -1.09. The van der Waals surface area contributed by atoms with Crippen molar-refractivity contribution in [2.24, 2.45) is 0 Å². The van der Waals surface area contributed by atoms with Gasteiger partial charge in [0.25, 0.3) is 0 Å². The van der Waals surface area contributed by atoms with Gasteiger partial charge >= 0.3 is 0 Å². The van der Waals surface area contributed by atoms with Crippen LogP contribution in [0.25, 0.3) is 0 Å². The largest absolute Gasteiger partial charge is 0.395 e. The van der Waals surface area contributed by atoms with Crippen molar-refractivity contribution in [3.05, 3.63) is 23.0 Å². The molecule has 0 aromatic carbocycles. The minimum absolute atomic E-state index is 0.0653. The molecule has 1 aromatic rings. The number of aryl methyl sites for hydroxylation is 2. The lowest BCUT2D eigenvalue weighted by Gasteiger charge is -2.05. The summed E-state index contributed by atoms with van der Waals surface area (Å²) in [5, 5.41) is 8.74. The molecule has 0 bridgehead atoms. The Morgan fingerprint density at radius 3 is 2.75 bits per heavy atom. The Labute approximate surface area is 71.6 Å². The number of hydrogen-bond acceptors (Lipinski definition) is 2. The number of rotatable bonds is 3. The minimum Gasteiger partial charge on any atom is -0.395 e. The van der Waals surface area contributed by atoms with E-state index >= 15 is 0 Å². The number of hydrogen-bond donors (Lipinski definition) is 1. The molecule has 1 heterocycles. The quantitative estimate of drug-likeness (QED) is 0.680. The molecule has 1 rings (SSSR count). The normalized spacial score (nSPS) is 10.2. The van der Waals surface area contributed by atoms with Gasteiger partial charge in [0.1, 0.15) is 0 Å². The maximum atomic E-state index is 10.6. The van der Waals surface area contributed by atoms with Crippen molar-refractivity contribution in [3.8, 4) is 0 Å². The first kappa shape index (κ1) is 9.00. The number of nitrogens with zero attached hydrogens (tertiary/aromatic N) is 1. The van der Waals surface area contributed by atoms with Crippen LogP contribution in [0.15, 0.2) is 6.07 Å². The fraction of sp³-hybridized carbons (Fsp3) is 0.444. The van der Waals surface area contributed by atoms with Crippen molar-refractivity contribution >= 4 is 6.29 Å². The Kier molecular flexibility index (Phi) is 2.65. The van der Waals surface area contributed by atoms with Crippen LogP contribution in [0.1, 0.15) is 21.7 Å². The van der Waals surface area contributed by atoms with E-state index in [1.54, 1.807) is 0 Å². The first-order valence-corrected chi connectivity index (χ1v) is 3.93. The topological polar surface area (TPSA) is 42.2 Å². The van der Waals surface area contributed by atoms with E-state index in [1.807, 2.05) is 24.5 Å². The predicted molar refractivity (Wildman–Crippen MR) is 46.4 cm³/mol. The van der Waals surface area contributed by atoms with Crippen LogP contribution in [0, 0.1) is 13.8 Å². The van der Waals surface area contributed by atoms with E-state index < -0.39 is 0 Å². The summed E-state index contributed by atoms with van der Waals surface area (Å²) in [7, 11) is 0. The third-order valence-electron chi connectivity index (χ3n) is 1.98. The van der Waals surface area contributed by atoms with Gasteiger partial charge in [0.05, 0.1) is 12.3 Å². The van der Waals surface area contributed by atoms with Gasteiger partial charge in [0, 0.05) is 12.2 Å². The lowest BCUT2D eigenvalue weighted by Crippen LogP contribution is -2.07. The number of aliphatic hydroxyl groups is 1. The fourth-order valence-electron chi connectivity index (χ4n) is 1.42. The van der Waals surface area contributed by atoms with Gasteiger partial charge in [0.2, 0.25) is 0 Å². The first-order valence-electron chi connectivity index (χ1n) is 3.93. The predicted octanol–water partition coefficient (Wildman–Crippen LogP) is 0.910. The maximum absolute atomic E-state index is 10.6. The van der Waals surface area contributed by atoms with E-state index in [0.717, 1.165) is 17.5 Å². The van der Waals surface area contributed by atoms with Gasteiger partial charge in [-0.15, -0.1) is 0 Å². The van der Waals surface area contributed by atoms with Crippen molar-refractivity contribution in [3.63, 3.8) is 0 Å². The summed E-state index contributed by atoms with van der Waals surface area (Å²) in [5.74, 6) is 0. The Morgan fingerprint density at radius 1 is 1.58 bits per heavy atom. The maximum Gasteiger partial charge on any atom is 0.166 e. The zero-order chi connectivity index (χ0) is 9.14. The van der Waals surface area contributed by atoms with Gasteiger partial charge in [-0.1, -0.05) is 0 Å². The summed E-state index contributed by atoms with van der Waals surface area (Å²) in [6.07, 6.45) is 0.831. The highest BCUT2D eigenvalue weighted by atomic mass is 16.3. The summed E-state index contributed by atoms with van der Waals surface area (Å²) in [4.78, 5) is 10.6. The van der Waals surface area contributed by atoms with Crippen LogP contribution in [0.3, 0.4) is 0 Å². The van der Waals surface area contributed by atoms with Crippen LogP contribution in [0.4, 0.5) is 0 Å². The summed E-state index contributed by atoms with van der Waals surface area (Å²) < 4.78 is 1.82. The third kappa shape index (κ3) is 1.41. The van der Waals surface area contributed by atoms with Crippen LogP contribution in [0.5, 0.6) is 0 Å². The lowest BCUT2D eigenvalue weighted by atomic mass is 10.3. The standard InChI is InChI=1S/C9H13NO2/c1-7-5-8(2)10(3-4-11)9(7)6-12/h5-6,11H,3-4H2,1-2H3. The Balaban J connectivity index is 3.13. The Bertz CT molecular complexity index is 289. The molecule has 3 nitrogen and oxygen atoms in total. The summed E-state index contributed by atoms with van der Waals surface area (Å²) in [6.45, 7) is 4.38. The number of carbonyl (C=O) groups is 1. The number of carbonyl (C=O) groups excluding carboxylic acids is 1. The van der Waals surface area contributed by atoms with Gasteiger partial charge in [0.15, 0.2) is 6.29 Å². The molecule has 66 valence electrons. The summed E-state index contributed by atoms with van der Waals surface area (Å²) >= 11 is 0. The van der Waals surface area contributed by atoms with Crippen LogP contribution < -0.4 is 0 Å². The first-order chi connectivity index (χ1) is 5.70. The van der Waals surface area contributed by atoms with E-state index in [9.17, 15) is 4.79 Å². The molecular weight excluding hydrogens is 154 g/mol. The van der Waals surface area contributed by atoms with Crippen molar-refractivity contribution in [2.75, 3.05) is 6.61 Å². The van der Waals surface area contributed by atoms with E-state index in [4.69, 9.17) is 5.11 Å². The average Bonchev–Trinajstić information content (AvgIpc) is 2.28. The molecule has 0 atom stereocenters. The molecule has 0 aliphatic carbocycles. The van der Waals surface area contributed by atoms with Gasteiger partial charge in [-0.3, -0.25) is 4.79 Å². The monoisotopic (exact) mass is 167 g/mol. The van der Waals surface area contributed by atoms with E-state index in [1.165, 1.54) is 0 Å². The van der Waals surface area contributed by atoms with E-state index in [0.29, 0.717) is 12.2 Å². The smallest absolute Gasteiger partial charge is 0.166 e. The average molecular weight is 167 g/mol. The molecule has 12 heavy (non-hydrogen) atoms. The molecule has 0 aliphatic heterocycles. The number of aliphatic hydroxyl groups excluding tert-OH is 1. The Morgan fingerprint density at radius 2 is 2.25 bits per heavy atom. The van der Waals surface area contributed by atoms with Gasteiger partial charge < -0.3 is 9.67 Å². The molecule has 0 unspecified atom stereocenters. The minimum atomic E-state index is 0.0653. The van der Waals surface area contributed by atoms with Crippen molar-refractivity contribution < 1.29 is 9.90 Å². The zero-order valence-electron chi connectivity index (χ0n) is 7.37. The number of aromatic nitrogens is 1. The van der Waals surface area contributed by atoms with Crippen molar-refractivity contribution in [1.82, 2.24) is 4.57 Å². The zero-order valence-corrected chi connectivity index (χ0v) is 7.37. The molecular formula is C9H13NO2. The summed E-state index contributed by atoms with van der Waals surface area (Å²) in [5.41, 5.74) is 2.65. The molecule has 0 amide bonds. The van der Waals surface area contributed by atoms with Crippen LogP contribution in [0.2, 0.25) is 0 Å². The van der Waals surface area contributed by atoms with Crippen LogP contribution in [-0.4, -0.2) is 22.6 Å². The molecule has 0 saturated carbocycles. The highest BCUT2D eigenvalue weighted by Crippen LogP contribution is 2.12. The fourth-order valence-corrected chi connectivity index (χ4v) is 1.42. The van der Waals surface area contributed by atoms with Crippen LogP contribution >= 0.6 is 0 Å². The molecule has 0 fully saturated rings. The summed E-state index contributed by atoms with van der Waals surface area (Å²) in [6, 6.07) is 1.94. The highest BCUT2D eigenvalue weighted by molar-refractivity contribution is 5.75. The second-order valence-electron chi connectivity index (χ2n) is 2.85. The molecule has 0 saturated heterocycles. The van der Waals surface area contributed by atoms with Crippen LogP contribution in [-0.2, 0) is 6.54 Å². The molecule has 0 radical (unpaired) electrons. The number of aldehydes is 1. The highest BCUT2D eigenvalue weighted by Gasteiger charge is 2.07. The molecule has 0 spiro atoms. The molecule has 1 aromatic heterocycles. The van der Waals surface area contributed by atoms with Crippen molar-refractivity contribution in [1.29, 1.82) is 0 Å². The van der Waals surface area contributed by atoms with E-state index in [2.05, 4.69) is 0 Å². The second kappa shape index (κ2) is 3.54. The van der Waals surface area contributed by atoms with Crippen molar-refractivity contribution in [2.45, 2.75) is 20.4 Å². The van der Waals surface area contributed by atoms with Gasteiger partial charge in [-0.2, -0.15) is 0 Å². The second-order valence-corrected chi connectivity index (χ2v) is 2.85. The van der Waals surface area contributed by atoms with E-state index in [-0.39, 0.29) is 6.61 Å². The lowest BCUT2D eigenvalue weighted by molar-refractivity contribution is 0.111. The van der Waals surface area contributed by atoms with Gasteiger partial charge in [-0.25, -0.2) is 0 Å². The SMILES string of the molecule is Cc1cc(C)n(CCO)c1C=O. The molecule has 0 aliphatic rings. The third-order valence-corrected chi connectivity index (χ3v) is 1.98. The molecule has 1 N–H and O–H groups in total.